The van der Waals surface area contributed by atoms with Crippen LogP contribution in [0.15, 0.2) is 12.2 Å². The molecule has 64 valence electrons. The molecule has 0 saturated carbocycles. The van der Waals surface area contributed by atoms with E-state index in [1.54, 1.807) is 20.5 Å². The molecule has 4 heteroatoms. The normalized spacial score (nSPS) is 8.50. The molecule has 0 unspecified atom stereocenters. The fraction of sp³-hybridized carbons (Fsp3) is 0.500. The smallest absolute Gasteiger partial charge is 0.495 e. The molecule has 0 fully saturated rings. The molecule has 0 aromatic carbocycles. The van der Waals surface area contributed by atoms with Crippen molar-refractivity contribution in [3.63, 3.8) is 0 Å². The van der Waals surface area contributed by atoms with Crippen LogP contribution in [-0.2, 0) is 47.0 Å². The largest absolute Gasteiger partial charge is 3.00 e. The first-order chi connectivity index (χ1) is 5.18. The van der Waals surface area contributed by atoms with E-state index in [2.05, 4.69) is 6.58 Å². The molecule has 12 heavy (non-hydrogen) atoms. The third-order valence-corrected chi connectivity index (χ3v) is 0.965. The standard InChI is InChI=1S/C8H13O3.Y/c1-7(2)8(9)11-6-4-5-10-3;/h4H,1,5-6H2,2-3H3;/q-1;+3. The SMILES string of the molecule is C=C(C)C(=O)OC[CH-]COC.[Y+3]. The van der Waals surface area contributed by atoms with Gasteiger partial charge in [-0.05, 0) is 13.5 Å². The van der Waals surface area contributed by atoms with Crippen molar-refractivity contribution in [2.24, 2.45) is 0 Å². The molecular weight excluding hydrogens is 233 g/mol. The van der Waals surface area contributed by atoms with Gasteiger partial charge in [0.15, 0.2) is 0 Å². The molecule has 0 amide bonds. The summed E-state index contributed by atoms with van der Waals surface area (Å²) in [7, 11) is 1.58. The first-order valence-electron chi connectivity index (χ1n) is 3.31. The Hall–Kier alpha value is 0.274. The second kappa shape index (κ2) is 9.36. The number of ether oxygens (including phenoxy) is 2. The minimum Gasteiger partial charge on any atom is -0.495 e. The number of esters is 1. The van der Waals surface area contributed by atoms with Crippen molar-refractivity contribution in [3.05, 3.63) is 18.6 Å². The van der Waals surface area contributed by atoms with Crippen LogP contribution in [0.3, 0.4) is 0 Å². The summed E-state index contributed by atoms with van der Waals surface area (Å²) < 4.78 is 9.45. The average molecular weight is 246 g/mol. The van der Waals surface area contributed by atoms with Gasteiger partial charge in [0.1, 0.15) is 0 Å². The third-order valence-electron chi connectivity index (χ3n) is 0.965. The monoisotopic (exact) mass is 246 g/mol. The summed E-state index contributed by atoms with van der Waals surface area (Å²) in [5.74, 6) is -0.364. The van der Waals surface area contributed by atoms with Crippen LogP contribution in [0.25, 0.3) is 0 Å². The Morgan fingerprint density at radius 1 is 1.50 bits per heavy atom. The van der Waals surface area contributed by atoms with E-state index < -0.39 is 0 Å². The second-order valence-corrected chi connectivity index (χ2v) is 2.12. The van der Waals surface area contributed by atoms with E-state index in [-0.39, 0.29) is 45.3 Å². The van der Waals surface area contributed by atoms with Gasteiger partial charge in [0.2, 0.25) is 0 Å². The maximum atomic E-state index is 10.7. The Morgan fingerprint density at radius 3 is 2.50 bits per heavy atom. The van der Waals surface area contributed by atoms with Crippen LogP contribution >= 0.6 is 0 Å². The van der Waals surface area contributed by atoms with Crippen molar-refractivity contribution < 1.29 is 47.0 Å². The number of carbonyl (C=O) groups excluding carboxylic acids is 1. The van der Waals surface area contributed by atoms with E-state index >= 15 is 0 Å². The molecule has 0 aromatic rings. The van der Waals surface area contributed by atoms with Gasteiger partial charge >= 0.3 is 38.7 Å². The molecule has 0 radical (unpaired) electrons. The number of hydrogen-bond donors (Lipinski definition) is 0. The molecule has 0 spiro atoms. The summed E-state index contributed by atoms with van der Waals surface area (Å²) >= 11 is 0. The number of carbonyl (C=O) groups is 1. The van der Waals surface area contributed by atoms with Crippen LogP contribution in [0, 0.1) is 6.42 Å². The molecule has 0 heterocycles. The van der Waals surface area contributed by atoms with Gasteiger partial charge in [-0.2, -0.15) is 0 Å². The van der Waals surface area contributed by atoms with Gasteiger partial charge in [-0.15, -0.1) is 0 Å². The first-order valence-corrected chi connectivity index (χ1v) is 3.31. The molecule has 0 aliphatic carbocycles. The van der Waals surface area contributed by atoms with Gasteiger partial charge in [0.25, 0.3) is 0 Å². The fourth-order valence-corrected chi connectivity index (χ4v) is 0.424. The van der Waals surface area contributed by atoms with Crippen LogP contribution in [0.2, 0.25) is 0 Å². The van der Waals surface area contributed by atoms with Gasteiger partial charge in [0, 0.05) is 12.7 Å². The van der Waals surface area contributed by atoms with E-state index in [1.807, 2.05) is 0 Å². The zero-order valence-corrected chi connectivity index (χ0v) is 10.3. The van der Waals surface area contributed by atoms with E-state index in [0.29, 0.717) is 12.2 Å². The maximum Gasteiger partial charge on any atom is 3.00 e. The molecule has 0 rings (SSSR count). The fourth-order valence-electron chi connectivity index (χ4n) is 0.424. The van der Waals surface area contributed by atoms with Crippen LogP contribution < -0.4 is 0 Å². The van der Waals surface area contributed by atoms with Crippen LogP contribution in [0.4, 0.5) is 0 Å². The van der Waals surface area contributed by atoms with Crippen molar-refractivity contribution in [1.82, 2.24) is 0 Å². The zero-order valence-electron chi connectivity index (χ0n) is 7.50. The summed E-state index contributed by atoms with van der Waals surface area (Å²) in [6, 6.07) is 0. The van der Waals surface area contributed by atoms with Crippen molar-refractivity contribution in [2.45, 2.75) is 6.92 Å². The van der Waals surface area contributed by atoms with Crippen molar-refractivity contribution in [2.75, 3.05) is 20.3 Å². The molecule has 0 atom stereocenters. The van der Waals surface area contributed by atoms with Gasteiger partial charge in [-0.1, -0.05) is 13.2 Å². The molecule has 0 N–H and O–H groups in total. The Labute approximate surface area is 98.4 Å². The molecule has 0 bridgehead atoms. The predicted molar refractivity (Wildman–Crippen MR) is 41.9 cm³/mol. The zero-order chi connectivity index (χ0) is 8.69. The summed E-state index contributed by atoms with van der Waals surface area (Å²) in [6.07, 6.45) is 1.72. The number of rotatable bonds is 5. The molecular formula is C8H13O3Y+2. The van der Waals surface area contributed by atoms with Gasteiger partial charge < -0.3 is 9.47 Å². The van der Waals surface area contributed by atoms with Crippen LogP contribution in [-0.4, -0.2) is 26.3 Å². The number of methoxy groups -OCH3 is 1. The molecule has 0 saturated heterocycles. The van der Waals surface area contributed by atoms with E-state index in [1.165, 1.54) is 0 Å². The average Bonchev–Trinajstić information content (AvgIpc) is 1.97. The Morgan fingerprint density at radius 2 is 2.08 bits per heavy atom. The number of hydrogen-bond acceptors (Lipinski definition) is 3. The summed E-state index contributed by atoms with van der Waals surface area (Å²) in [4.78, 5) is 10.7. The quantitative estimate of drug-likeness (QED) is 0.313. The minimum atomic E-state index is -0.364. The van der Waals surface area contributed by atoms with Gasteiger partial charge in [-0.3, -0.25) is 6.42 Å². The Kier molecular flexibility index (Phi) is 11.5. The van der Waals surface area contributed by atoms with E-state index in [4.69, 9.17) is 9.47 Å². The molecule has 0 aromatic heterocycles. The Bertz CT molecular complexity index is 145. The van der Waals surface area contributed by atoms with Crippen LogP contribution in [0.5, 0.6) is 0 Å². The predicted octanol–water partition coefficient (Wildman–Crippen LogP) is 0.954. The third kappa shape index (κ3) is 8.37. The Balaban J connectivity index is 0. The summed E-state index contributed by atoms with van der Waals surface area (Å²) in [6.45, 7) is 5.81. The van der Waals surface area contributed by atoms with Gasteiger partial charge in [0.05, 0.1) is 0 Å². The van der Waals surface area contributed by atoms with Crippen LogP contribution in [0.1, 0.15) is 6.92 Å². The maximum absolute atomic E-state index is 10.7. The van der Waals surface area contributed by atoms with Gasteiger partial charge in [-0.25, -0.2) is 4.79 Å². The molecule has 0 aliphatic rings. The second-order valence-electron chi connectivity index (χ2n) is 2.12. The molecule has 0 aliphatic heterocycles. The van der Waals surface area contributed by atoms with Crippen molar-refractivity contribution >= 4 is 5.97 Å². The topological polar surface area (TPSA) is 35.5 Å². The minimum absolute atomic E-state index is 0. The summed E-state index contributed by atoms with van der Waals surface area (Å²) in [5, 5.41) is 0. The first kappa shape index (κ1) is 14.8. The van der Waals surface area contributed by atoms with Crippen molar-refractivity contribution in [3.8, 4) is 0 Å². The summed E-state index contributed by atoms with van der Waals surface area (Å²) in [5.41, 5.74) is 0.413. The van der Waals surface area contributed by atoms with E-state index in [0.717, 1.165) is 0 Å². The van der Waals surface area contributed by atoms with Crippen molar-refractivity contribution in [1.29, 1.82) is 0 Å². The van der Waals surface area contributed by atoms with E-state index in [9.17, 15) is 4.79 Å². The molecule has 3 nitrogen and oxygen atoms in total.